The largest absolute Gasteiger partial charge is 0.489 e. The molecule has 1 N–H and O–H groups in total. The Morgan fingerprint density at radius 2 is 1.78 bits per heavy atom. The lowest BCUT2D eigenvalue weighted by molar-refractivity contribution is -0.132. The van der Waals surface area contributed by atoms with Gasteiger partial charge in [0.2, 0.25) is 11.8 Å². The molecule has 140 valence electrons. The molecule has 2 aliphatic rings. The second-order valence-electron chi connectivity index (χ2n) is 7.53. The van der Waals surface area contributed by atoms with Crippen LogP contribution in [0.2, 0.25) is 0 Å². The summed E-state index contributed by atoms with van der Waals surface area (Å²) in [7, 11) is 0. The van der Waals surface area contributed by atoms with Crippen molar-refractivity contribution >= 4 is 23.2 Å². The smallest absolute Gasteiger partial charge is 0.242 e. The van der Waals surface area contributed by atoms with E-state index in [0.717, 1.165) is 17.7 Å². The molecule has 27 heavy (non-hydrogen) atoms. The summed E-state index contributed by atoms with van der Waals surface area (Å²) >= 11 is 0. The fourth-order valence-electron chi connectivity index (χ4n) is 3.64. The second-order valence-corrected chi connectivity index (χ2v) is 7.53. The minimum Gasteiger partial charge on any atom is -0.489 e. The second kappa shape index (κ2) is 6.72. The number of fused-ring (bicyclic) bond motifs is 1. The maximum Gasteiger partial charge on any atom is 0.242 e. The Morgan fingerprint density at radius 1 is 1.07 bits per heavy atom. The molecule has 1 heterocycles. The third-order valence-corrected chi connectivity index (χ3v) is 5.22. The van der Waals surface area contributed by atoms with Gasteiger partial charge in [0, 0.05) is 12.2 Å². The zero-order valence-corrected chi connectivity index (χ0v) is 15.7. The van der Waals surface area contributed by atoms with Crippen molar-refractivity contribution in [3.05, 3.63) is 54.1 Å². The molecule has 1 aliphatic carbocycles. The van der Waals surface area contributed by atoms with Crippen LogP contribution in [0, 0.1) is 5.41 Å². The van der Waals surface area contributed by atoms with E-state index >= 15 is 0 Å². The molecule has 5 nitrogen and oxygen atoms in total. The lowest BCUT2D eigenvalue weighted by Gasteiger charge is -2.24. The Morgan fingerprint density at radius 3 is 2.52 bits per heavy atom. The average Bonchev–Trinajstić information content (AvgIpc) is 3.36. The van der Waals surface area contributed by atoms with Crippen LogP contribution in [-0.4, -0.2) is 24.5 Å². The predicted molar refractivity (Wildman–Crippen MR) is 105 cm³/mol. The van der Waals surface area contributed by atoms with Crippen molar-refractivity contribution in [2.45, 2.75) is 39.2 Å². The molecule has 2 aromatic carbocycles. The van der Waals surface area contributed by atoms with Crippen LogP contribution in [0.25, 0.3) is 0 Å². The first-order valence-electron chi connectivity index (χ1n) is 9.48. The van der Waals surface area contributed by atoms with Crippen molar-refractivity contribution in [1.82, 2.24) is 0 Å². The third kappa shape index (κ3) is 3.18. The zero-order chi connectivity index (χ0) is 19.0. The van der Waals surface area contributed by atoms with E-state index in [4.69, 9.17) is 4.74 Å². The van der Waals surface area contributed by atoms with Crippen LogP contribution in [0.15, 0.2) is 48.5 Å². The van der Waals surface area contributed by atoms with Crippen molar-refractivity contribution in [2.75, 3.05) is 16.8 Å². The third-order valence-electron chi connectivity index (χ3n) is 5.22. The number of ether oxygens (including phenoxy) is 1. The van der Waals surface area contributed by atoms with Gasteiger partial charge in [-0.15, -0.1) is 0 Å². The number of nitrogens with zero attached hydrogens (tertiary/aromatic N) is 1. The molecule has 0 saturated heterocycles. The van der Waals surface area contributed by atoms with E-state index in [2.05, 4.69) is 5.32 Å². The van der Waals surface area contributed by atoms with E-state index in [0.29, 0.717) is 30.8 Å². The predicted octanol–water partition coefficient (Wildman–Crippen LogP) is 3.78. The Bertz CT molecular complexity index is 887. The number of para-hydroxylation sites is 3. The van der Waals surface area contributed by atoms with Gasteiger partial charge < -0.3 is 15.0 Å². The summed E-state index contributed by atoms with van der Waals surface area (Å²) in [4.78, 5) is 28.0. The van der Waals surface area contributed by atoms with Gasteiger partial charge in [-0.3, -0.25) is 9.59 Å². The zero-order valence-electron chi connectivity index (χ0n) is 15.7. The summed E-state index contributed by atoms with van der Waals surface area (Å²) in [6.07, 6.45) is 2.01. The minimum atomic E-state index is -0.956. The maximum absolute atomic E-state index is 13.2. The number of nitrogens with one attached hydrogen (secondary N) is 1. The lowest BCUT2D eigenvalue weighted by atomic mass is 10.0. The van der Waals surface area contributed by atoms with Gasteiger partial charge in [0.05, 0.1) is 11.8 Å². The maximum atomic E-state index is 13.2. The van der Waals surface area contributed by atoms with Gasteiger partial charge >= 0.3 is 0 Å². The summed E-state index contributed by atoms with van der Waals surface area (Å²) in [5, 5.41) is 2.94. The molecular weight excluding hydrogens is 340 g/mol. The summed E-state index contributed by atoms with van der Waals surface area (Å²) in [6, 6.07) is 15.3. The fraction of sp³-hybridized carbons (Fsp3) is 0.364. The van der Waals surface area contributed by atoms with Crippen molar-refractivity contribution in [1.29, 1.82) is 0 Å². The summed E-state index contributed by atoms with van der Waals surface area (Å²) in [5.41, 5.74) is 1.75. The molecule has 2 amide bonds. The molecule has 0 spiro atoms. The Hall–Kier alpha value is -2.82. The first-order chi connectivity index (χ1) is 13.0. The fourth-order valence-corrected chi connectivity index (χ4v) is 3.64. The average molecular weight is 364 g/mol. The standard InChI is InChI=1S/C22H24N2O3/c1-15(2)27-19-10-6-4-8-17(19)23-20(25)22(12-13-22)21(26)24-14-11-16-7-3-5-9-18(16)24/h3-10,15H,11-14H2,1-2H3,(H,23,25). The number of hydrogen-bond acceptors (Lipinski definition) is 3. The van der Waals surface area contributed by atoms with E-state index in [1.807, 2.05) is 56.3 Å². The van der Waals surface area contributed by atoms with E-state index in [1.54, 1.807) is 11.0 Å². The number of amides is 2. The summed E-state index contributed by atoms with van der Waals surface area (Å²) in [6.45, 7) is 4.52. The molecule has 4 rings (SSSR count). The van der Waals surface area contributed by atoms with Crippen molar-refractivity contribution in [3.8, 4) is 5.75 Å². The van der Waals surface area contributed by atoms with Gasteiger partial charge in [0.25, 0.3) is 0 Å². The van der Waals surface area contributed by atoms with E-state index in [1.165, 1.54) is 0 Å². The van der Waals surface area contributed by atoms with Crippen molar-refractivity contribution in [2.24, 2.45) is 5.41 Å². The molecule has 2 aromatic rings. The molecule has 0 unspecified atom stereocenters. The van der Waals surface area contributed by atoms with Crippen LogP contribution in [0.5, 0.6) is 5.75 Å². The van der Waals surface area contributed by atoms with Gasteiger partial charge in [-0.05, 0) is 56.9 Å². The Balaban J connectivity index is 1.54. The molecule has 0 bridgehead atoms. The molecule has 0 aromatic heterocycles. The highest BCUT2D eigenvalue weighted by atomic mass is 16.5. The van der Waals surface area contributed by atoms with E-state index < -0.39 is 5.41 Å². The molecule has 5 heteroatoms. The van der Waals surface area contributed by atoms with E-state index in [-0.39, 0.29) is 17.9 Å². The lowest BCUT2D eigenvalue weighted by Crippen LogP contribution is -2.42. The van der Waals surface area contributed by atoms with Crippen LogP contribution >= 0.6 is 0 Å². The number of carbonyl (C=O) groups is 2. The summed E-state index contributed by atoms with van der Waals surface area (Å²) in [5.74, 6) is 0.291. The SMILES string of the molecule is CC(C)Oc1ccccc1NC(=O)C1(C(=O)N2CCc3ccccc32)CC1. The van der Waals surface area contributed by atoms with Crippen molar-refractivity contribution in [3.63, 3.8) is 0 Å². The number of hydrogen-bond donors (Lipinski definition) is 1. The van der Waals surface area contributed by atoms with Gasteiger partial charge in [0.15, 0.2) is 0 Å². The highest BCUT2D eigenvalue weighted by molar-refractivity contribution is 6.18. The number of rotatable bonds is 5. The van der Waals surface area contributed by atoms with Crippen LogP contribution < -0.4 is 15.0 Å². The van der Waals surface area contributed by atoms with Gasteiger partial charge in [-0.1, -0.05) is 30.3 Å². The van der Waals surface area contributed by atoms with Crippen molar-refractivity contribution < 1.29 is 14.3 Å². The first kappa shape index (κ1) is 17.6. The molecule has 1 saturated carbocycles. The monoisotopic (exact) mass is 364 g/mol. The summed E-state index contributed by atoms with van der Waals surface area (Å²) < 4.78 is 5.78. The molecule has 0 radical (unpaired) electrons. The normalized spacial score (nSPS) is 16.8. The molecule has 1 fully saturated rings. The first-order valence-corrected chi connectivity index (χ1v) is 9.48. The van der Waals surface area contributed by atoms with Gasteiger partial charge in [-0.25, -0.2) is 0 Å². The topological polar surface area (TPSA) is 58.6 Å². The minimum absolute atomic E-state index is 0.000621. The van der Waals surface area contributed by atoms with Crippen LogP contribution in [0.1, 0.15) is 32.3 Å². The Labute approximate surface area is 159 Å². The van der Waals surface area contributed by atoms with E-state index in [9.17, 15) is 9.59 Å². The van der Waals surface area contributed by atoms with Gasteiger partial charge in [-0.2, -0.15) is 0 Å². The van der Waals surface area contributed by atoms with Crippen LogP contribution in [0.3, 0.4) is 0 Å². The number of benzene rings is 2. The quantitative estimate of drug-likeness (QED) is 0.822. The molecular formula is C22H24N2O3. The highest BCUT2D eigenvalue weighted by Gasteiger charge is 2.58. The van der Waals surface area contributed by atoms with Gasteiger partial charge in [0.1, 0.15) is 11.2 Å². The number of anilines is 2. The number of carbonyl (C=O) groups excluding carboxylic acids is 2. The Kier molecular flexibility index (Phi) is 4.38. The molecule has 0 atom stereocenters. The van der Waals surface area contributed by atoms with Crippen LogP contribution in [0.4, 0.5) is 11.4 Å². The highest BCUT2D eigenvalue weighted by Crippen LogP contribution is 2.50. The molecule has 1 aliphatic heterocycles. The van der Waals surface area contributed by atoms with Crippen LogP contribution in [-0.2, 0) is 16.0 Å².